The van der Waals surface area contributed by atoms with E-state index in [2.05, 4.69) is 15.9 Å². The summed E-state index contributed by atoms with van der Waals surface area (Å²) in [5.41, 5.74) is 0. The van der Waals surface area contributed by atoms with E-state index in [1.54, 1.807) is 0 Å². The number of hydrogen-bond donors (Lipinski definition) is 0. The highest BCUT2D eigenvalue weighted by molar-refractivity contribution is 9.10. The summed E-state index contributed by atoms with van der Waals surface area (Å²) in [6.07, 6.45) is 3.10. The predicted molar refractivity (Wildman–Crippen MR) is 41.2 cm³/mol. The molecule has 0 aromatic heterocycles. The summed E-state index contributed by atoms with van der Waals surface area (Å²) in [4.78, 5) is 21.6. The number of Topliss-reactive ketones (excluding diaryl/α,β-unsaturated/α-hetero) is 2. The Kier molecular flexibility index (Phi) is 2.60. The van der Waals surface area contributed by atoms with Gasteiger partial charge in [-0.1, -0.05) is 22.4 Å². The van der Waals surface area contributed by atoms with Gasteiger partial charge in [0.1, 0.15) is 0 Å². The van der Waals surface area contributed by atoms with Crippen LogP contribution in [0.25, 0.3) is 0 Å². The molecule has 0 spiro atoms. The second kappa shape index (κ2) is 3.28. The molecule has 1 aliphatic carbocycles. The van der Waals surface area contributed by atoms with E-state index >= 15 is 0 Å². The minimum Gasteiger partial charge on any atom is -0.291 e. The van der Waals surface area contributed by atoms with Crippen molar-refractivity contribution in [3.63, 3.8) is 0 Å². The zero-order chi connectivity index (χ0) is 7.56. The van der Waals surface area contributed by atoms with Crippen LogP contribution in [-0.4, -0.2) is 16.4 Å². The highest BCUT2D eigenvalue weighted by Crippen LogP contribution is 2.17. The molecule has 0 aromatic rings. The Hall–Kier alpha value is -0.180. The maximum absolute atomic E-state index is 10.9. The van der Waals surface area contributed by atoms with E-state index in [1.807, 2.05) is 0 Å². The van der Waals surface area contributed by atoms with E-state index in [4.69, 9.17) is 0 Å². The first-order valence-corrected chi connectivity index (χ1v) is 4.34. The second-order valence-electron chi connectivity index (χ2n) is 2.50. The third-order valence-electron chi connectivity index (χ3n) is 1.67. The molecule has 1 rings (SSSR count). The number of carbonyl (C=O) groups excluding carboxylic acids is 2. The molecule has 1 unspecified atom stereocenters. The molecule has 1 aliphatic rings. The first-order valence-electron chi connectivity index (χ1n) is 3.43. The van der Waals surface area contributed by atoms with Gasteiger partial charge in [0.15, 0.2) is 5.78 Å². The van der Waals surface area contributed by atoms with E-state index in [9.17, 15) is 9.59 Å². The molecule has 0 bridgehead atoms. The first kappa shape index (κ1) is 7.92. The fraction of sp³-hybridized carbons (Fsp3) is 0.714. The Morgan fingerprint density at radius 1 is 1.30 bits per heavy atom. The van der Waals surface area contributed by atoms with Crippen LogP contribution in [0.5, 0.6) is 0 Å². The molecule has 0 N–H and O–H groups in total. The van der Waals surface area contributed by atoms with Crippen molar-refractivity contribution in [2.24, 2.45) is 0 Å². The number of rotatable bonds is 0. The van der Waals surface area contributed by atoms with E-state index in [0.29, 0.717) is 6.42 Å². The summed E-state index contributed by atoms with van der Waals surface area (Å²) in [6, 6.07) is 0. The summed E-state index contributed by atoms with van der Waals surface area (Å²) in [6.45, 7) is 0. The van der Waals surface area contributed by atoms with Gasteiger partial charge in [0, 0.05) is 6.42 Å². The smallest absolute Gasteiger partial charge is 0.211 e. The van der Waals surface area contributed by atoms with Crippen LogP contribution >= 0.6 is 15.9 Å². The number of hydrogen-bond acceptors (Lipinski definition) is 2. The maximum atomic E-state index is 10.9. The fourth-order valence-electron chi connectivity index (χ4n) is 1.04. The third kappa shape index (κ3) is 1.66. The molecule has 0 amide bonds. The van der Waals surface area contributed by atoms with Gasteiger partial charge < -0.3 is 0 Å². The van der Waals surface area contributed by atoms with Crippen molar-refractivity contribution < 1.29 is 9.59 Å². The van der Waals surface area contributed by atoms with E-state index in [1.165, 1.54) is 0 Å². The summed E-state index contributed by atoms with van der Waals surface area (Å²) in [5, 5.41) is 0. The van der Waals surface area contributed by atoms with E-state index in [0.717, 1.165) is 19.3 Å². The SMILES string of the molecule is O=C1CCCCC(Br)C1=O. The van der Waals surface area contributed by atoms with Gasteiger partial charge in [-0.3, -0.25) is 9.59 Å². The van der Waals surface area contributed by atoms with Crippen LogP contribution in [0.1, 0.15) is 25.7 Å². The van der Waals surface area contributed by atoms with Crippen molar-refractivity contribution >= 4 is 27.5 Å². The van der Waals surface area contributed by atoms with Gasteiger partial charge in [0.25, 0.3) is 0 Å². The molecule has 10 heavy (non-hydrogen) atoms. The summed E-state index contributed by atoms with van der Waals surface area (Å²) in [5.74, 6) is -0.447. The van der Waals surface area contributed by atoms with E-state index < -0.39 is 0 Å². The Labute approximate surface area is 68.1 Å². The van der Waals surface area contributed by atoms with Crippen LogP contribution in [-0.2, 0) is 9.59 Å². The zero-order valence-electron chi connectivity index (χ0n) is 5.60. The summed E-state index contributed by atoms with van der Waals surface area (Å²) >= 11 is 3.17. The quantitative estimate of drug-likeness (QED) is 0.341. The summed E-state index contributed by atoms with van der Waals surface area (Å²) < 4.78 is 0. The van der Waals surface area contributed by atoms with E-state index in [-0.39, 0.29) is 16.4 Å². The minimum atomic E-state index is -0.238. The Balaban J connectivity index is 2.64. The number of ketones is 2. The molecular weight excluding hydrogens is 196 g/mol. The van der Waals surface area contributed by atoms with Gasteiger partial charge in [-0.05, 0) is 12.8 Å². The lowest BCUT2D eigenvalue weighted by atomic mass is 10.2. The number of carbonyl (C=O) groups is 2. The average molecular weight is 205 g/mol. The standard InChI is InChI=1S/C7H9BrO2/c8-5-3-1-2-4-6(9)7(5)10/h5H,1-4H2. The molecule has 1 fully saturated rings. The van der Waals surface area contributed by atoms with Crippen LogP contribution in [0.3, 0.4) is 0 Å². The molecule has 0 radical (unpaired) electrons. The molecular formula is C7H9BrO2. The average Bonchev–Trinajstić information content (AvgIpc) is 2.04. The molecule has 56 valence electrons. The molecule has 1 atom stereocenters. The number of alkyl halides is 1. The monoisotopic (exact) mass is 204 g/mol. The predicted octanol–water partition coefficient (Wildman–Crippen LogP) is 1.46. The zero-order valence-corrected chi connectivity index (χ0v) is 7.19. The van der Waals surface area contributed by atoms with Crippen LogP contribution in [0, 0.1) is 0 Å². The molecule has 3 heteroatoms. The third-order valence-corrected chi connectivity index (χ3v) is 2.54. The summed E-state index contributed by atoms with van der Waals surface area (Å²) in [7, 11) is 0. The van der Waals surface area contributed by atoms with Crippen LogP contribution in [0.15, 0.2) is 0 Å². The van der Waals surface area contributed by atoms with Crippen LogP contribution in [0.4, 0.5) is 0 Å². The van der Waals surface area contributed by atoms with Gasteiger partial charge in [0.05, 0.1) is 4.83 Å². The van der Waals surface area contributed by atoms with Crippen molar-refractivity contribution in [2.45, 2.75) is 30.5 Å². The van der Waals surface area contributed by atoms with Crippen molar-refractivity contribution in [3.8, 4) is 0 Å². The largest absolute Gasteiger partial charge is 0.291 e. The molecule has 0 aromatic carbocycles. The lowest BCUT2D eigenvalue weighted by Gasteiger charge is -1.99. The minimum absolute atomic E-state index is 0.206. The van der Waals surface area contributed by atoms with Gasteiger partial charge >= 0.3 is 0 Å². The highest BCUT2D eigenvalue weighted by Gasteiger charge is 2.24. The molecule has 1 saturated carbocycles. The molecule has 2 nitrogen and oxygen atoms in total. The topological polar surface area (TPSA) is 34.1 Å². The van der Waals surface area contributed by atoms with Crippen LogP contribution < -0.4 is 0 Å². The fourth-order valence-corrected chi connectivity index (χ4v) is 1.62. The Morgan fingerprint density at radius 3 is 2.70 bits per heavy atom. The second-order valence-corrected chi connectivity index (χ2v) is 3.61. The Bertz CT molecular complexity index is 165. The normalized spacial score (nSPS) is 28.3. The van der Waals surface area contributed by atoms with Crippen molar-refractivity contribution in [2.75, 3.05) is 0 Å². The highest BCUT2D eigenvalue weighted by atomic mass is 79.9. The van der Waals surface area contributed by atoms with Crippen molar-refractivity contribution in [1.29, 1.82) is 0 Å². The first-order chi connectivity index (χ1) is 4.72. The van der Waals surface area contributed by atoms with Crippen molar-refractivity contribution in [1.82, 2.24) is 0 Å². The molecule has 0 aliphatic heterocycles. The van der Waals surface area contributed by atoms with Crippen LogP contribution in [0.2, 0.25) is 0 Å². The van der Waals surface area contributed by atoms with Gasteiger partial charge in [-0.2, -0.15) is 0 Å². The lowest BCUT2D eigenvalue weighted by Crippen LogP contribution is -2.20. The maximum Gasteiger partial charge on any atom is 0.211 e. The van der Waals surface area contributed by atoms with Gasteiger partial charge in [0.2, 0.25) is 5.78 Å². The lowest BCUT2D eigenvalue weighted by molar-refractivity contribution is -0.135. The van der Waals surface area contributed by atoms with Crippen molar-refractivity contribution in [3.05, 3.63) is 0 Å². The molecule has 0 saturated heterocycles. The van der Waals surface area contributed by atoms with Gasteiger partial charge in [-0.25, -0.2) is 0 Å². The molecule has 0 heterocycles. The van der Waals surface area contributed by atoms with Gasteiger partial charge in [-0.15, -0.1) is 0 Å². The number of halogens is 1. The Morgan fingerprint density at radius 2 is 2.00 bits per heavy atom.